The minimum absolute atomic E-state index is 0.0350. The Kier molecular flexibility index (Phi) is 6.42. The number of hydrogen-bond donors (Lipinski definition) is 1. The van der Waals surface area contributed by atoms with Crippen molar-refractivity contribution in [2.45, 2.75) is 24.9 Å². The summed E-state index contributed by atoms with van der Waals surface area (Å²) in [5, 5.41) is 3.08. The van der Waals surface area contributed by atoms with Crippen molar-refractivity contribution in [3.63, 3.8) is 0 Å². The molecule has 3 fully saturated rings. The molecule has 2 saturated heterocycles. The van der Waals surface area contributed by atoms with Gasteiger partial charge >= 0.3 is 0 Å². The molecular formula is C21H29FN4O3. The first kappa shape index (κ1) is 20.3. The van der Waals surface area contributed by atoms with Crippen molar-refractivity contribution >= 4 is 11.8 Å². The van der Waals surface area contributed by atoms with Crippen LogP contribution in [0.2, 0.25) is 0 Å². The zero-order valence-corrected chi connectivity index (χ0v) is 16.7. The number of morpholine rings is 1. The maximum absolute atomic E-state index is 13.4. The molecule has 0 aromatic heterocycles. The number of halogens is 1. The Bertz CT molecular complexity index is 711. The van der Waals surface area contributed by atoms with Gasteiger partial charge in [-0.25, -0.2) is 4.39 Å². The lowest BCUT2D eigenvalue weighted by atomic mass is 10.0. The van der Waals surface area contributed by atoms with Crippen molar-refractivity contribution in [3.05, 3.63) is 35.6 Å². The van der Waals surface area contributed by atoms with E-state index in [9.17, 15) is 14.0 Å². The summed E-state index contributed by atoms with van der Waals surface area (Å²) in [6, 6.07) is 5.98. The van der Waals surface area contributed by atoms with Crippen molar-refractivity contribution in [2.75, 3.05) is 59.0 Å². The van der Waals surface area contributed by atoms with Gasteiger partial charge in [0.25, 0.3) is 0 Å². The molecule has 1 aliphatic carbocycles. The highest BCUT2D eigenvalue weighted by atomic mass is 19.1. The summed E-state index contributed by atoms with van der Waals surface area (Å²) in [4.78, 5) is 31.7. The van der Waals surface area contributed by atoms with E-state index in [0.717, 1.165) is 31.5 Å². The average Bonchev–Trinajstić information content (AvgIpc) is 3.55. The number of piperazine rings is 1. The van der Waals surface area contributed by atoms with Gasteiger partial charge in [0.05, 0.1) is 19.8 Å². The largest absolute Gasteiger partial charge is 0.379 e. The fraction of sp³-hybridized carbons (Fsp3) is 0.619. The fourth-order valence-electron chi connectivity index (χ4n) is 3.96. The first-order valence-electron chi connectivity index (χ1n) is 10.5. The van der Waals surface area contributed by atoms with Crippen molar-refractivity contribution in [3.8, 4) is 0 Å². The van der Waals surface area contributed by atoms with Gasteiger partial charge in [-0.05, 0) is 30.5 Å². The molecule has 29 heavy (non-hydrogen) atoms. The standard InChI is InChI=1S/C21H29FN4O3/c22-17-3-1-16(2-4-17)20(21(28)23-18-5-6-18)26-9-7-25(8-10-26)19(27)15-24-11-13-29-14-12-24/h1-4,18,20H,5-15H2,(H,23,28). The van der Waals surface area contributed by atoms with Gasteiger partial charge in [0.2, 0.25) is 11.8 Å². The maximum atomic E-state index is 13.4. The normalized spacial score (nSPS) is 22.3. The molecule has 7 nitrogen and oxygen atoms in total. The number of nitrogens with zero attached hydrogens (tertiary/aromatic N) is 3. The Balaban J connectivity index is 1.37. The Morgan fingerprint density at radius 1 is 1.03 bits per heavy atom. The molecule has 2 amide bonds. The van der Waals surface area contributed by atoms with Crippen LogP contribution in [0.5, 0.6) is 0 Å². The molecule has 158 valence electrons. The van der Waals surface area contributed by atoms with E-state index in [1.54, 1.807) is 12.1 Å². The van der Waals surface area contributed by atoms with Crippen LogP contribution in [-0.4, -0.2) is 91.6 Å². The van der Waals surface area contributed by atoms with E-state index in [-0.39, 0.29) is 23.7 Å². The van der Waals surface area contributed by atoms with Crippen LogP contribution in [-0.2, 0) is 14.3 Å². The second-order valence-corrected chi connectivity index (χ2v) is 8.04. The molecule has 1 atom stereocenters. The predicted octanol–water partition coefficient (Wildman–Crippen LogP) is 0.622. The van der Waals surface area contributed by atoms with E-state index in [0.29, 0.717) is 45.9 Å². The second-order valence-electron chi connectivity index (χ2n) is 8.04. The maximum Gasteiger partial charge on any atom is 0.242 e. The van der Waals surface area contributed by atoms with Crippen molar-refractivity contribution < 1.29 is 18.7 Å². The summed E-state index contributed by atoms with van der Waals surface area (Å²) in [6.45, 7) is 5.79. The van der Waals surface area contributed by atoms with E-state index in [4.69, 9.17) is 4.74 Å². The number of amides is 2. The van der Waals surface area contributed by atoms with Crippen LogP contribution in [0.1, 0.15) is 24.4 Å². The molecule has 4 rings (SSSR count). The molecule has 1 aromatic rings. The number of carbonyl (C=O) groups is 2. The topological polar surface area (TPSA) is 65.1 Å². The van der Waals surface area contributed by atoms with Gasteiger partial charge in [0.15, 0.2) is 0 Å². The van der Waals surface area contributed by atoms with E-state index in [1.165, 1.54) is 12.1 Å². The summed E-state index contributed by atoms with van der Waals surface area (Å²) >= 11 is 0. The molecule has 0 radical (unpaired) electrons. The molecule has 1 saturated carbocycles. The molecule has 2 aliphatic heterocycles. The van der Waals surface area contributed by atoms with Crippen LogP contribution in [0.4, 0.5) is 4.39 Å². The Labute approximate surface area is 170 Å². The summed E-state index contributed by atoms with van der Waals surface area (Å²) < 4.78 is 18.7. The van der Waals surface area contributed by atoms with Gasteiger partial charge in [0, 0.05) is 45.3 Å². The second kappa shape index (κ2) is 9.19. The summed E-state index contributed by atoms with van der Waals surface area (Å²) in [5.41, 5.74) is 0.789. The number of nitrogens with one attached hydrogen (secondary N) is 1. The van der Waals surface area contributed by atoms with E-state index in [1.807, 2.05) is 4.90 Å². The van der Waals surface area contributed by atoms with Crippen LogP contribution in [0.25, 0.3) is 0 Å². The molecular weight excluding hydrogens is 375 g/mol. The van der Waals surface area contributed by atoms with Gasteiger partial charge in [-0.2, -0.15) is 0 Å². The summed E-state index contributed by atoms with van der Waals surface area (Å²) in [7, 11) is 0. The SMILES string of the molecule is O=C(NC1CC1)C(c1ccc(F)cc1)N1CCN(C(=O)CN2CCOCC2)CC1. The monoisotopic (exact) mass is 404 g/mol. The molecule has 2 heterocycles. The third-order valence-corrected chi connectivity index (χ3v) is 5.85. The number of carbonyl (C=O) groups excluding carboxylic acids is 2. The fourth-order valence-corrected chi connectivity index (χ4v) is 3.96. The highest BCUT2D eigenvalue weighted by molar-refractivity contribution is 5.84. The highest BCUT2D eigenvalue weighted by Crippen LogP contribution is 2.26. The molecule has 1 aromatic carbocycles. The minimum Gasteiger partial charge on any atom is -0.379 e. The first-order chi connectivity index (χ1) is 14.1. The Morgan fingerprint density at radius 3 is 2.31 bits per heavy atom. The van der Waals surface area contributed by atoms with Crippen molar-refractivity contribution in [1.29, 1.82) is 0 Å². The van der Waals surface area contributed by atoms with Gasteiger partial charge < -0.3 is 15.0 Å². The van der Waals surface area contributed by atoms with Crippen molar-refractivity contribution in [2.24, 2.45) is 0 Å². The van der Waals surface area contributed by atoms with Crippen LogP contribution < -0.4 is 5.32 Å². The third kappa shape index (κ3) is 5.32. The molecule has 3 aliphatic rings. The average molecular weight is 404 g/mol. The lowest BCUT2D eigenvalue weighted by molar-refractivity contribution is -0.136. The van der Waals surface area contributed by atoms with Crippen molar-refractivity contribution in [1.82, 2.24) is 20.0 Å². The highest BCUT2D eigenvalue weighted by Gasteiger charge is 2.34. The molecule has 1 N–H and O–H groups in total. The summed E-state index contributed by atoms with van der Waals surface area (Å²) in [6.07, 6.45) is 2.04. The number of ether oxygens (including phenoxy) is 1. The number of benzene rings is 1. The van der Waals surface area contributed by atoms with Crippen LogP contribution in [0, 0.1) is 5.82 Å². The zero-order valence-electron chi connectivity index (χ0n) is 16.7. The quantitative estimate of drug-likeness (QED) is 0.753. The molecule has 0 bridgehead atoms. The first-order valence-corrected chi connectivity index (χ1v) is 10.5. The zero-order chi connectivity index (χ0) is 20.2. The molecule has 0 spiro atoms. The van der Waals surface area contributed by atoms with E-state index < -0.39 is 6.04 Å². The van der Waals surface area contributed by atoms with Gasteiger partial charge in [-0.3, -0.25) is 19.4 Å². The molecule has 8 heteroatoms. The smallest absolute Gasteiger partial charge is 0.242 e. The lowest BCUT2D eigenvalue weighted by Gasteiger charge is -2.39. The van der Waals surface area contributed by atoms with Gasteiger partial charge in [0.1, 0.15) is 11.9 Å². The minimum atomic E-state index is -0.451. The van der Waals surface area contributed by atoms with E-state index in [2.05, 4.69) is 15.1 Å². The lowest BCUT2D eigenvalue weighted by Crippen LogP contribution is -2.54. The number of hydrogen-bond acceptors (Lipinski definition) is 5. The van der Waals surface area contributed by atoms with E-state index >= 15 is 0 Å². The molecule has 1 unspecified atom stereocenters. The Morgan fingerprint density at radius 2 is 1.69 bits per heavy atom. The van der Waals surface area contributed by atoms with Gasteiger partial charge in [-0.1, -0.05) is 12.1 Å². The van der Waals surface area contributed by atoms with Gasteiger partial charge in [-0.15, -0.1) is 0 Å². The Hall–Kier alpha value is -2.03. The number of rotatable bonds is 6. The van der Waals surface area contributed by atoms with Crippen LogP contribution in [0.3, 0.4) is 0 Å². The third-order valence-electron chi connectivity index (χ3n) is 5.85. The van der Waals surface area contributed by atoms with Crippen LogP contribution in [0.15, 0.2) is 24.3 Å². The van der Waals surface area contributed by atoms with Crippen LogP contribution >= 0.6 is 0 Å². The summed E-state index contributed by atoms with van der Waals surface area (Å²) in [5.74, 6) is -0.215. The predicted molar refractivity (Wildman–Crippen MR) is 106 cm³/mol.